The third-order valence-electron chi connectivity index (χ3n) is 15.0. The molecule has 0 radical (unpaired) electrons. The van der Waals surface area contributed by atoms with Crippen LogP contribution in [0.2, 0.25) is 0 Å². The fourth-order valence-corrected chi connectivity index (χ4v) is 10.6. The van der Waals surface area contributed by atoms with Gasteiger partial charge in [0.2, 0.25) is 0 Å². The summed E-state index contributed by atoms with van der Waals surface area (Å²) in [7, 11) is 5.30. The first-order chi connectivity index (χ1) is 30.9. The monoisotopic (exact) mass is 934 g/mol. The van der Waals surface area contributed by atoms with Crippen molar-refractivity contribution in [3.05, 3.63) is 41.7 Å². The van der Waals surface area contributed by atoms with Crippen molar-refractivity contribution < 1.29 is 58.7 Å². The van der Waals surface area contributed by atoms with Crippen LogP contribution in [0.4, 0.5) is 0 Å². The van der Waals surface area contributed by atoms with Gasteiger partial charge < -0.3 is 63.8 Å². The van der Waals surface area contributed by atoms with Crippen LogP contribution in [0.15, 0.2) is 30.5 Å². The zero-order valence-corrected chi connectivity index (χ0v) is 42.0. The second kappa shape index (κ2) is 22.4. The highest BCUT2D eigenvalue weighted by atomic mass is 16.7. The molecule has 3 aliphatic rings. The number of aliphatic hydroxyl groups is 5. The molecule has 17 nitrogen and oxygen atoms in total. The zero-order chi connectivity index (χ0) is 49.1. The van der Waals surface area contributed by atoms with E-state index in [0.717, 1.165) is 17.8 Å². The Morgan fingerprint density at radius 2 is 1.67 bits per heavy atom. The van der Waals surface area contributed by atoms with Crippen molar-refractivity contribution in [2.24, 2.45) is 17.8 Å². The van der Waals surface area contributed by atoms with Gasteiger partial charge in [0.1, 0.15) is 30.0 Å². The summed E-state index contributed by atoms with van der Waals surface area (Å²) in [6.45, 7) is 20.7. The highest BCUT2D eigenvalue weighted by Gasteiger charge is 2.53. The number of rotatable bonds is 12. The maximum Gasteiger partial charge on any atom is 0.311 e. The van der Waals surface area contributed by atoms with Crippen molar-refractivity contribution in [3.63, 3.8) is 0 Å². The van der Waals surface area contributed by atoms with Crippen molar-refractivity contribution in [1.29, 1.82) is 0 Å². The fraction of sp³-hybridized carbons (Fsp3) is 0.816. The molecule has 18 atom stereocenters. The van der Waals surface area contributed by atoms with Gasteiger partial charge in [-0.1, -0.05) is 45.0 Å². The van der Waals surface area contributed by atoms with E-state index in [0.29, 0.717) is 25.9 Å². The van der Waals surface area contributed by atoms with Crippen LogP contribution < -0.4 is 0 Å². The number of ether oxygens (including phenoxy) is 6. The van der Waals surface area contributed by atoms with E-state index >= 15 is 0 Å². The number of aromatic nitrogens is 3. The molecule has 2 aromatic rings. The van der Waals surface area contributed by atoms with Crippen LogP contribution >= 0.6 is 0 Å². The molecule has 0 amide bonds. The summed E-state index contributed by atoms with van der Waals surface area (Å²) in [5.74, 6) is -2.73. The number of esters is 1. The second-order valence-electron chi connectivity index (χ2n) is 20.6. The molecule has 3 aliphatic heterocycles. The Balaban J connectivity index is 1.48. The quantitative estimate of drug-likeness (QED) is 0.192. The van der Waals surface area contributed by atoms with Crippen LogP contribution in [0.3, 0.4) is 0 Å². The van der Waals surface area contributed by atoms with Gasteiger partial charge in [0, 0.05) is 51.0 Å². The highest BCUT2D eigenvalue weighted by molar-refractivity contribution is 5.73. The molecule has 0 unspecified atom stereocenters. The minimum absolute atomic E-state index is 0.111. The Morgan fingerprint density at radius 1 is 0.970 bits per heavy atom. The number of aryl methyl sites for hydroxylation is 1. The van der Waals surface area contributed by atoms with Crippen LogP contribution in [-0.4, -0.2) is 181 Å². The fourth-order valence-electron chi connectivity index (χ4n) is 10.6. The molecule has 5 N–H and O–H groups in total. The molecule has 3 saturated heterocycles. The van der Waals surface area contributed by atoms with E-state index in [2.05, 4.69) is 34.3 Å². The number of nitrogens with zero attached hydrogens (tertiary/aromatic N) is 5. The van der Waals surface area contributed by atoms with E-state index in [-0.39, 0.29) is 31.3 Å². The average Bonchev–Trinajstić information content (AvgIpc) is 3.75. The third kappa shape index (κ3) is 12.4. The number of aliphatic hydroxyl groups excluding tert-OH is 3. The number of hydrogen-bond donors (Lipinski definition) is 5. The standard InChI is InChI=1S/C49H83N5O12/c1-15-34-18-17-19-36(23-34)54-27-35(50-51-54)20-21-52(12)37-22-29(4)62-46(40(37)55)66-44-30(5)41(65-39-25-48(10,61-14)43(57)33(8)63-39)31(6)45(58)64-38(16-2)49(11,60)42(56)32(7)53(13)26-28(3)24-47(44,9)59/h17-19,23,27-33,37-44,46,55-57,59-60H,15-16,20-22,24-26H2,1-14H3/t28-,29-,30+,31-,32-,33+,37+,38-,39+,40-,41+,42-,43+,44-,46+,47-,48-,49-/m1/s1. The number of cyclic esters (lactones) is 1. The Labute approximate surface area is 393 Å². The molecule has 0 aliphatic carbocycles. The van der Waals surface area contributed by atoms with E-state index < -0.39 is 102 Å². The molecule has 3 fully saturated rings. The number of likely N-dealkylation sites (N-methyl/N-ethyl adjacent to an activating group) is 2. The van der Waals surface area contributed by atoms with E-state index in [1.165, 1.54) is 19.6 Å². The Morgan fingerprint density at radius 3 is 2.32 bits per heavy atom. The molecule has 1 aromatic heterocycles. The summed E-state index contributed by atoms with van der Waals surface area (Å²) in [5.41, 5.74) is -1.54. The first kappa shape index (κ1) is 54.3. The third-order valence-corrected chi connectivity index (χ3v) is 15.0. The molecule has 0 spiro atoms. The maximum absolute atomic E-state index is 14.5. The van der Waals surface area contributed by atoms with Gasteiger partial charge in [-0.15, -0.1) is 5.10 Å². The van der Waals surface area contributed by atoms with Crippen LogP contribution in [0.25, 0.3) is 5.69 Å². The Hall–Kier alpha value is -2.65. The van der Waals surface area contributed by atoms with Crippen LogP contribution in [-0.2, 0) is 46.1 Å². The van der Waals surface area contributed by atoms with Gasteiger partial charge >= 0.3 is 5.97 Å². The Kier molecular flexibility index (Phi) is 18.4. The average molecular weight is 934 g/mol. The molecule has 376 valence electrons. The first-order valence-electron chi connectivity index (χ1n) is 24.1. The van der Waals surface area contributed by atoms with Crippen molar-refractivity contribution in [3.8, 4) is 5.69 Å². The normalized spacial score (nSPS) is 41.6. The van der Waals surface area contributed by atoms with Crippen LogP contribution in [0.5, 0.6) is 0 Å². The van der Waals surface area contributed by atoms with E-state index in [4.69, 9.17) is 28.4 Å². The summed E-state index contributed by atoms with van der Waals surface area (Å²) in [6, 6.07) is 7.23. The molecule has 66 heavy (non-hydrogen) atoms. The molecule has 1 aromatic carbocycles. The van der Waals surface area contributed by atoms with E-state index in [1.54, 1.807) is 46.2 Å². The van der Waals surface area contributed by atoms with Gasteiger partial charge in [-0.2, -0.15) is 0 Å². The van der Waals surface area contributed by atoms with Gasteiger partial charge in [-0.25, -0.2) is 4.68 Å². The first-order valence-corrected chi connectivity index (χ1v) is 24.1. The van der Waals surface area contributed by atoms with Gasteiger partial charge in [0.05, 0.1) is 59.1 Å². The lowest BCUT2D eigenvalue weighted by Gasteiger charge is -2.49. The van der Waals surface area contributed by atoms with Gasteiger partial charge in [-0.05, 0) is 112 Å². The van der Waals surface area contributed by atoms with E-state index in [1.807, 2.05) is 58.1 Å². The van der Waals surface area contributed by atoms with Crippen molar-refractivity contribution in [2.75, 3.05) is 34.3 Å². The van der Waals surface area contributed by atoms with Crippen molar-refractivity contribution >= 4 is 5.97 Å². The molecule has 5 rings (SSSR count). The topological polar surface area (TPSA) is 211 Å². The molecule has 4 heterocycles. The SMILES string of the molecule is CCc1cccc(-n2cc(CCN(C)[C@H]3C[C@@H](C)O[C@@H](O[C@@H]4[C@@H](C)[C@H](O[C@H]5C[C@@](C)(OC)[C@@H](O)[C@H](C)O5)[C@@H](C)C(=O)O[C@H](CC)[C@@](C)(O)[C@H](O)[C@@H](C)N(C)C[C@H](C)C[C@@]4(C)O)[C@@H]3O)nn2)c1. The van der Waals surface area contributed by atoms with Crippen LogP contribution in [0, 0.1) is 17.8 Å². The summed E-state index contributed by atoms with van der Waals surface area (Å²) < 4.78 is 40.0. The predicted octanol–water partition coefficient (Wildman–Crippen LogP) is 3.66. The van der Waals surface area contributed by atoms with Gasteiger partial charge in [0.25, 0.3) is 0 Å². The smallest absolute Gasteiger partial charge is 0.311 e. The predicted molar refractivity (Wildman–Crippen MR) is 248 cm³/mol. The number of methoxy groups -OCH3 is 1. The highest BCUT2D eigenvalue weighted by Crippen LogP contribution is 2.40. The number of carbonyl (C=O) groups excluding carboxylic acids is 1. The molecule has 17 heteroatoms. The zero-order valence-electron chi connectivity index (χ0n) is 42.0. The van der Waals surface area contributed by atoms with Crippen LogP contribution in [0.1, 0.15) is 113 Å². The summed E-state index contributed by atoms with van der Waals surface area (Å²) in [6.07, 6.45) is -5.43. The summed E-state index contributed by atoms with van der Waals surface area (Å²) in [5, 5.41) is 68.4. The van der Waals surface area contributed by atoms with Gasteiger partial charge in [-0.3, -0.25) is 4.79 Å². The molecular formula is C49H83N5O12. The van der Waals surface area contributed by atoms with Crippen molar-refractivity contribution in [1.82, 2.24) is 24.8 Å². The minimum atomic E-state index is -1.83. The molecule has 0 bridgehead atoms. The molecular weight excluding hydrogens is 851 g/mol. The van der Waals surface area contributed by atoms with Crippen molar-refractivity contribution in [2.45, 2.75) is 205 Å². The number of benzene rings is 1. The van der Waals surface area contributed by atoms with Gasteiger partial charge in [0.15, 0.2) is 12.6 Å². The minimum Gasteiger partial charge on any atom is -0.459 e. The maximum atomic E-state index is 14.5. The lowest BCUT2D eigenvalue weighted by atomic mass is 9.77. The number of hydrogen-bond acceptors (Lipinski definition) is 16. The van der Waals surface area contributed by atoms with E-state index in [9.17, 15) is 30.3 Å². The number of carbonyl (C=O) groups is 1. The largest absolute Gasteiger partial charge is 0.459 e. The Bertz CT molecular complexity index is 1850. The molecule has 0 saturated carbocycles. The summed E-state index contributed by atoms with van der Waals surface area (Å²) in [4.78, 5) is 18.5. The second-order valence-corrected chi connectivity index (χ2v) is 20.6. The summed E-state index contributed by atoms with van der Waals surface area (Å²) >= 11 is 0. The lowest BCUT2D eigenvalue weighted by Crippen LogP contribution is -2.61. The lowest BCUT2D eigenvalue weighted by molar-refractivity contribution is -0.318.